The molecule has 0 saturated heterocycles. The first kappa shape index (κ1) is 14.8. The van der Waals surface area contributed by atoms with Gasteiger partial charge in [0.05, 0.1) is 0 Å². The van der Waals surface area contributed by atoms with Crippen LogP contribution in [-0.2, 0) is 15.8 Å². The summed E-state index contributed by atoms with van der Waals surface area (Å²) in [6, 6.07) is 7.73. The van der Waals surface area contributed by atoms with Crippen molar-refractivity contribution in [3.63, 3.8) is 0 Å². The summed E-state index contributed by atoms with van der Waals surface area (Å²) in [6.45, 7) is 0. The van der Waals surface area contributed by atoms with Crippen LogP contribution in [0.25, 0.3) is 0 Å². The highest BCUT2D eigenvalue weighted by atomic mass is 31.2. The normalized spacial score (nSPS) is 15.4. The van der Waals surface area contributed by atoms with Gasteiger partial charge in [0.15, 0.2) is 0 Å². The second kappa shape index (κ2) is 5.16. The lowest BCUT2D eigenvalue weighted by atomic mass is 10.1. The summed E-state index contributed by atoms with van der Waals surface area (Å²) in [7, 11) is -4.56. The number of carboxylic acid groups (broad SMARTS) is 1. The van der Waals surface area contributed by atoms with Crippen LogP contribution >= 0.6 is 7.60 Å². The first-order chi connectivity index (χ1) is 8.22. The van der Waals surface area contributed by atoms with Crippen LogP contribution in [-0.4, -0.2) is 38.3 Å². The molecule has 8 heteroatoms. The predicted octanol–water partition coefficient (Wildman–Crippen LogP) is 1.00. The van der Waals surface area contributed by atoms with Crippen molar-refractivity contribution in [3.8, 4) is 0 Å². The molecule has 0 aliphatic heterocycles. The quantitative estimate of drug-likeness (QED) is 0.548. The molecule has 1 aromatic carbocycles. The van der Waals surface area contributed by atoms with Crippen molar-refractivity contribution in [1.29, 1.82) is 0 Å². The van der Waals surface area contributed by atoms with Gasteiger partial charge in [0.1, 0.15) is 0 Å². The van der Waals surface area contributed by atoms with Crippen LogP contribution in [0.5, 0.6) is 0 Å². The third-order valence-electron chi connectivity index (χ3n) is 2.63. The minimum Gasteiger partial charge on any atom is -0.479 e. The lowest BCUT2D eigenvalue weighted by Crippen LogP contribution is -2.50. The molecule has 0 bridgehead atoms. The van der Waals surface area contributed by atoms with Crippen LogP contribution in [0.4, 0.5) is 4.48 Å². The molecule has 0 spiro atoms. The van der Waals surface area contributed by atoms with E-state index in [1.54, 1.807) is 18.2 Å². The van der Waals surface area contributed by atoms with Crippen LogP contribution < -0.4 is 0 Å². The molecule has 0 aliphatic carbocycles. The fourth-order valence-corrected chi connectivity index (χ4v) is 2.60. The molecule has 1 rings (SSSR count). The number of halogens is 1. The highest BCUT2D eigenvalue weighted by Gasteiger charge is 2.58. The largest absolute Gasteiger partial charge is 0.479 e. The molecule has 0 aromatic heterocycles. The van der Waals surface area contributed by atoms with Crippen LogP contribution in [0.3, 0.4) is 0 Å². The predicted molar refractivity (Wildman–Crippen MR) is 61.4 cm³/mol. The van der Waals surface area contributed by atoms with E-state index in [1.165, 1.54) is 12.1 Å². The first-order valence-electron chi connectivity index (χ1n) is 4.94. The van der Waals surface area contributed by atoms with E-state index < -0.39 is 30.4 Å². The van der Waals surface area contributed by atoms with Gasteiger partial charge in [-0.2, -0.15) is 0 Å². The maximum atomic E-state index is 13.4. The topological polar surface area (TPSA) is 98.1 Å². The summed E-state index contributed by atoms with van der Waals surface area (Å²) in [5.41, 5.74) is 0.313. The van der Waals surface area contributed by atoms with E-state index in [2.05, 4.69) is 0 Å². The Labute approximate surface area is 103 Å². The van der Waals surface area contributed by atoms with E-state index in [0.29, 0.717) is 12.6 Å². The molecule has 0 saturated carbocycles. The lowest BCUT2D eigenvalue weighted by Gasteiger charge is -2.32. The molecule has 0 aliphatic rings. The Kier molecular flexibility index (Phi) is 4.24. The zero-order valence-corrected chi connectivity index (χ0v) is 10.4. The van der Waals surface area contributed by atoms with Crippen LogP contribution in [0.2, 0.25) is 0 Å². The molecule has 0 unspecified atom stereocenters. The van der Waals surface area contributed by atoms with Crippen molar-refractivity contribution in [2.24, 2.45) is 0 Å². The zero-order chi connectivity index (χ0) is 14.0. The van der Waals surface area contributed by atoms with E-state index >= 15 is 0 Å². The summed E-state index contributed by atoms with van der Waals surface area (Å²) < 4.78 is 24.8. The van der Waals surface area contributed by atoms with E-state index in [1.807, 2.05) is 0 Å². The summed E-state index contributed by atoms with van der Waals surface area (Å²) >= 11 is 0. The Morgan fingerprint density at radius 2 is 1.89 bits per heavy atom. The Morgan fingerprint density at radius 1 is 1.39 bits per heavy atom. The molecule has 18 heavy (non-hydrogen) atoms. The number of aliphatic carboxylic acids is 1. The maximum Gasteiger partial charge on any atom is 0.360 e. The minimum atomic E-state index is -5.23. The molecule has 100 valence electrons. The molecule has 1 atom stereocenters. The second-order valence-electron chi connectivity index (χ2n) is 3.81. The Bertz CT molecular complexity index is 474. The van der Waals surface area contributed by atoms with E-state index in [4.69, 9.17) is 5.11 Å². The Morgan fingerprint density at radius 3 is 2.22 bits per heavy atom. The van der Waals surface area contributed by atoms with Gasteiger partial charge in [-0.1, -0.05) is 30.3 Å². The number of hydrogen-bond donors (Lipinski definition) is 3. The number of likely N-dealkylation sites (N-methyl/N-ethyl adjacent to an activating group) is 1. The van der Waals surface area contributed by atoms with Crippen molar-refractivity contribution in [2.75, 3.05) is 7.05 Å². The monoisotopic (exact) mass is 277 g/mol. The number of carbonyl (C=O) groups is 1. The van der Waals surface area contributed by atoms with E-state index in [0.717, 1.165) is 0 Å². The van der Waals surface area contributed by atoms with Crippen molar-refractivity contribution < 1.29 is 28.7 Å². The molecule has 0 heterocycles. The van der Waals surface area contributed by atoms with Gasteiger partial charge in [0.2, 0.25) is 0 Å². The van der Waals surface area contributed by atoms with Gasteiger partial charge in [-0.05, 0) is 5.56 Å². The molecular weight excluding hydrogens is 264 g/mol. The van der Waals surface area contributed by atoms with Gasteiger partial charge in [-0.3, -0.25) is 4.57 Å². The van der Waals surface area contributed by atoms with Gasteiger partial charge in [-0.25, -0.2) is 4.79 Å². The standard InChI is InChI=1S/C10H13FNO5P/c1-12(11)10(9(13)14,18(15,16)17)7-8-5-3-2-4-6-8/h2-6H,7H2,1H3,(H,13,14)(H2,15,16,17)/t10-/m1/s1. The summed E-state index contributed by atoms with van der Waals surface area (Å²) in [4.78, 5) is 29.5. The van der Waals surface area contributed by atoms with Crippen molar-refractivity contribution in [1.82, 2.24) is 5.12 Å². The van der Waals surface area contributed by atoms with Crippen molar-refractivity contribution >= 4 is 13.6 Å². The van der Waals surface area contributed by atoms with Gasteiger partial charge in [-0.15, -0.1) is 9.60 Å². The fourth-order valence-electron chi connectivity index (χ4n) is 1.60. The van der Waals surface area contributed by atoms with Gasteiger partial charge >= 0.3 is 13.6 Å². The fraction of sp³-hybridized carbons (Fsp3) is 0.300. The van der Waals surface area contributed by atoms with E-state index in [9.17, 15) is 23.6 Å². The highest BCUT2D eigenvalue weighted by molar-refractivity contribution is 7.54. The van der Waals surface area contributed by atoms with Crippen LogP contribution in [0.1, 0.15) is 5.56 Å². The summed E-state index contributed by atoms with van der Waals surface area (Å²) in [6.07, 6.45) is -0.638. The SMILES string of the molecule is CN(F)[C@@](Cc1ccccc1)(C(=O)O)P(=O)(O)O. The summed E-state index contributed by atoms with van der Waals surface area (Å²) in [5.74, 6) is -1.91. The maximum absolute atomic E-state index is 13.4. The van der Waals surface area contributed by atoms with Crippen molar-refractivity contribution in [2.45, 2.75) is 11.7 Å². The van der Waals surface area contributed by atoms with E-state index in [-0.39, 0.29) is 0 Å². The average Bonchev–Trinajstić information content (AvgIpc) is 2.24. The smallest absolute Gasteiger partial charge is 0.360 e. The highest BCUT2D eigenvalue weighted by Crippen LogP contribution is 2.54. The van der Waals surface area contributed by atoms with Crippen LogP contribution in [0.15, 0.2) is 30.3 Å². The number of benzene rings is 1. The van der Waals surface area contributed by atoms with Crippen molar-refractivity contribution in [3.05, 3.63) is 35.9 Å². The summed E-state index contributed by atoms with van der Waals surface area (Å²) in [5, 5.41) is 5.67. The Balaban J connectivity index is 3.29. The third-order valence-corrected chi connectivity index (χ3v) is 4.22. The third kappa shape index (κ3) is 2.59. The number of nitrogens with zero attached hydrogens (tertiary/aromatic N) is 1. The molecule has 3 N–H and O–H groups in total. The molecule has 0 radical (unpaired) electrons. The molecule has 6 nitrogen and oxygen atoms in total. The molecule has 1 aromatic rings. The molecule has 0 amide bonds. The minimum absolute atomic E-state index is 0.313. The Hall–Kier alpha value is -1.27. The van der Waals surface area contributed by atoms with Gasteiger partial charge in [0, 0.05) is 13.5 Å². The van der Waals surface area contributed by atoms with Gasteiger partial charge in [0.25, 0.3) is 5.28 Å². The molecule has 0 fully saturated rings. The van der Waals surface area contributed by atoms with Gasteiger partial charge < -0.3 is 14.9 Å². The van der Waals surface area contributed by atoms with Crippen LogP contribution in [0, 0.1) is 0 Å². The number of carboxylic acids is 1. The molecular formula is C10H13FNO5P. The number of hydrogen-bond acceptors (Lipinski definition) is 3. The number of rotatable bonds is 5. The lowest BCUT2D eigenvalue weighted by molar-refractivity contribution is -0.155. The average molecular weight is 277 g/mol. The zero-order valence-electron chi connectivity index (χ0n) is 9.52. The second-order valence-corrected chi connectivity index (χ2v) is 5.63. The first-order valence-corrected chi connectivity index (χ1v) is 6.55.